The molecule has 2 unspecified atom stereocenters. The maximum Gasteiger partial charge on any atom is 0.124 e. The smallest absolute Gasteiger partial charge is 0.124 e. The maximum absolute atomic E-state index is 12.9. The predicted octanol–water partition coefficient (Wildman–Crippen LogP) is 2.80. The summed E-state index contributed by atoms with van der Waals surface area (Å²) in [5, 5.41) is 0.576. The molecule has 0 radical (unpaired) electrons. The largest absolute Gasteiger partial charge is 0.328 e. The number of nitrogens with two attached hydrogens (primary N) is 1. The second-order valence-electron chi connectivity index (χ2n) is 3.77. The zero-order valence-corrected chi connectivity index (χ0v) is 8.77. The lowest BCUT2D eigenvalue weighted by Crippen LogP contribution is -2.15. The predicted molar refractivity (Wildman–Crippen MR) is 57.9 cm³/mol. The molecule has 2 rings (SSSR count). The number of rotatable bonds is 2. The summed E-state index contributed by atoms with van der Waals surface area (Å²) in [6, 6.07) is 7.13. The van der Waals surface area contributed by atoms with E-state index >= 15 is 0 Å². The van der Waals surface area contributed by atoms with Crippen LogP contribution in [-0.4, -0.2) is 11.3 Å². The van der Waals surface area contributed by atoms with E-state index < -0.39 is 0 Å². The summed E-state index contributed by atoms with van der Waals surface area (Å²) in [6.07, 6.45) is 3.32. The van der Waals surface area contributed by atoms with Crippen molar-refractivity contribution in [2.75, 3.05) is 0 Å². The molecule has 0 heterocycles. The van der Waals surface area contributed by atoms with Crippen LogP contribution in [0.15, 0.2) is 29.2 Å². The van der Waals surface area contributed by atoms with Gasteiger partial charge in [0, 0.05) is 16.2 Å². The minimum Gasteiger partial charge on any atom is -0.328 e. The van der Waals surface area contributed by atoms with Crippen LogP contribution in [0.5, 0.6) is 0 Å². The van der Waals surface area contributed by atoms with Crippen LogP contribution in [-0.2, 0) is 0 Å². The van der Waals surface area contributed by atoms with Crippen LogP contribution < -0.4 is 5.73 Å². The van der Waals surface area contributed by atoms with E-state index in [1.165, 1.54) is 6.07 Å². The fourth-order valence-electron chi connectivity index (χ4n) is 1.81. The first kappa shape index (κ1) is 9.99. The van der Waals surface area contributed by atoms with E-state index in [2.05, 4.69) is 0 Å². The highest BCUT2D eigenvalue weighted by molar-refractivity contribution is 8.00. The summed E-state index contributed by atoms with van der Waals surface area (Å²) in [5.74, 6) is -0.155. The van der Waals surface area contributed by atoms with Crippen LogP contribution in [0, 0.1) is 5.82 Å². The van der Waals surface area contributed by atoms with Gasteiger partial charge in [-0.1, -0.05) is 6.07 Å². The van der Waals surface area contributed by atoms with Gasteiger partial charge in [-0.15, -0.1) is 11.8 Å². The Morgan fingerprint density at radius 3 is 2.86 bits per heavy atom. The Morgan fingerprint density at radius 2 is 2.21 bits per heavy atom. The number of benzene rings is 1. The summed E-state index contributed by atoms with van der Waals surface area (Å²) in [6.45, 7) is 0. The highest BCUT2D eigenvalue weighted by Crippen LogP contribution is 2.34. The second-order valence-corrected chi connectivity index (χ2v) is 5.14. The van der Waals surface area contributed by atoms with Gasteiger partial charge in [-0.2, -0.15) is 0 Å². The second kappa shape index (κ2) is 4.32. The van der Waals surface area contributed by atoms with Crippen molar-refractivity contribution >= 4 is 11.8 Å². The molecule has 1 aliphatic rings. The van der Waals surface area contributed by atoms with Crippen LogP contribution in [0.2, 0.25) is 0 Å². The van der Waals surface area contributed by atoms with Crippen molar-refractivity contribution in [1.29, 1.82) is 0 Å². The zero-order chi connectivity index (χ0) is 9.97. The average Bonchev–Trinajstić information content (AvgIpc) is 2.51. The van der Waals surface area contributed by atoms with Crippen molar-refractivity contribution in [1.82, 2.24) is 0 Å². The molecule has 2 atom stereocenters. The Bertz CT molecular complexity index is 316. The molecule has 14 heavy (non-hydrogen) atoms. The normalized spacial score (nSPS) is 26.7. The van der Waals surface area contributed by atoms with Crippen molar-refractivity contribution in [3.8, 4) is 0 Å². The molecule has 1 aliphatic carbocycles. The van der Waals surface area contributed by atoms with Crippen LogP contribution in [0.1, 0.15) is 19.3 Å². The third kappa shape index (κ3) is 2.49. The third-order valence-electron chi connectivity index (χ3n) is 2.52. The summed E-state index contributed by atoms with van der Waals surface area (Å²) in [4.78, 5) is 1.02. The van der Waals surface area contributed by atoms with Crippen LogP contribution >= 0.6 is 11.8 Å². The molecule has 0 spiro atoms. The minimum absolute atomic E-state index is 0.155. The molecule has 0 bridgehead atoms. The first-order chi connectivity index (χ1) is 6.74. The molecule has 76 valence electrons. The lowest BCUT2D eigenvalue weighted by Gasteiger charge is -2.08. The molecule has 3 heteroatoms. The topological polar surface area (TPSA) is 26.0 Å². The first-order valence-electron chi connectivity index (χ1n) is 4.92. The SMILES string of the molecule is NC1CCC(Sc2cccc(F)c2)C1. The lowest BCUT2D eigenvalue weighted by atomic mass is 10.3. The molecule has 0 aliphatic heterocycles. The number of hydrogen-bond acceptors (Lipinski definition) is 2. The molecule has 1 saturated carbocycles. The van der Waals surface area contributed by atoms with Gasteiger partial charge in [0.05, 0.1) is 0 Å². The van der Waals surface area contributed by atoms with Gasteiger partial charge in [0.1, 0.15) is 5.82 Å². The molecule has 2 N–H and O–H groups in total. The van der Waals surface area contributed by atoms with E-state index in [0.717, 1.165) is 24.2 Å². The fourth-order valence-corrected chi connectivity index (χ4v) is 3.13. The molecular formula is C11H14FNS. The number of hydrogen-bond donors (Lipinski definition) is 1. The maximum atomic E-state index is 12.9. The molecule has 1 aromatic carbocycles. The van der Waals surface area contributed by atoms with Gasteiger partial charge in [-0.3, -0.25) is 0 Å². The van der Waals surface area contributed by atoms with Crippen molar-refractivity contribution in [2.45, 2.75) is 35.4 Å². The average molecular weight is 211 g/mol. The van der Waals surface area contributed by atoms with Crippen molar-refractivity contribution in [3.05, 3.63) is 30.1 Å². The monoisotopic (exact) mass is 211 g/mol. The molecular weight excluding hydrogens is 197 g/mol. The van der Waals surface area contributed by atoms with Crippen molar-refractivity contribution in [3.63, 3.8) is 0 Å². The summed E-state index contributed by atoms with van der Waals surface area (Å²) in [7, 11) is 0. The Kier molecular flexibility index (Phi) is 3.08. The minimum atomic E-state index is -0.155. The summed E-state index contributed by atoms with van der Waals surface area (Å²) < 4.78 is 12.9. The van der Waals surface area contributed by atoms with Gasteiger partial charge in [0.2, 0.25) is 0 Å². The van der Waals surface area contributed by atoms with Crippen LogP contribution in [0.4, 0.5) is 4.39 Å². The Balaban J connectivity index is 1.97. The van der Waals surface area contributed by atoms with Gasteiger partial charge in [0.25, 0.3) is 0 Å². The van der Waals surface area contributed by atoms with E-state index in [1.54, 1.807) is 23.9 Å². The molecule has 0 saturated heterocycles. The Labute approximate surface area is 87.9 Å². The van der Waals surface area contributed by atoms with Crippen molar-refractivity contribution in [2.24, 2.45) is 5.73 Å². The molecule has 1 aromatic rings. The highest BCUT2D eigenvalue weighted by Gasteiger charge is 2.22. The van der Waals surface area contributed by atoms with Gasteiger partial charge >= 0.3 is 0 Å². The molecule has 1 fully saturated rings. The van der Waals surface area contributed by atoms with E-state index in [9.17, 15) is 4.39 Å². The third-order valence-corrected chi connectivity index (χ3v) is 3.81. The van der Waals surface area contributed by atoms with E-state index in [-0.39, 0.29) is 5.82 Å². The number of halogens is 1. The zero-order valence-electron chi connectivity index (χ0n) is 7.95. The fraction of sp³-hybridized carbons (Fsp3) is 0.455. The number of thioether (sulfide) groups is 1. The van der Waals surface area contributed by atoms with Crippen LogP contribution in [0.3, 0.4) is 0 Å². The Hall–Kier alpha value is -0.540. The standard InChI is InChI=1S/C11H14FNS/c12-8-2-1-3-10(6-8)14-11-5-4-9(13)7-11/h1-3,6,9,11H,4-5,7,13H2. The summed E-state index contributed by atoms with van der Waals surface area (Å²) in [5.41, 5.74) is 5.82. The van der Waals surface area contributed by atoms with Gasteiger partial charge in [-0.05, 0) is 37.5 Å². The van der Waals surface area contributed by atoms with E-state index in [1.807, 2.05) is 6.07 Å². The lowest BCUT2D eigenvalue weighted by molar-refractivity contribution is 0.624. The quantitative estimate of drug-likeness (QED) is 0.814. The van der Waals surface area contributed by atoms with Gasteiger partial charge < -0.3 is 5.73 Å². The van der Waals surface area contributed by atoms with Crippen molar-refractivity contribution < 1.29 is 4.39 Å². The Morgan fingerprint density at radius 1 is 1.36 bits per heavy atom. The molecule has 0 amide bonds. The van der Waals surface area contributed by atoms with E-state index in [4.69, 9.17) is 5.73 Å². The van der Waals surface area contributed by atoms with Crippen LogP contribution in [0.25, 0.3) is 0 Å². The van der Waals surface area contributed by atoms with Gasteiger partial charge in [0.15, 0.2) is 0 Å². The van der Waals surface area contributed by atoms with E-state index in [0.29, 0.717) is 11.3 Å². The molecule has 0 aromatic heterocycles. The highest BCUT2D eigenvalue weighted by atomic mass is 32.2. The van der Waals surface area contributed by atoms with Gasteiger partial charge in [-0.25, -0.2) is 4.39 Å². The molecule has 1 nitrogen and oxygen atoms in total. The first-order valence-corrected chi connectivity index (χ1v) is 5.80. The summed E-state index contributed by atoms with van der Waals surface area (Å²) >= 11 is 1.75.